The molecule has 1 aliphatic carbocycles. The van der Waals surface area contributed by atoms with Crippen LogP contribution in [0, 0.1) is 18.7 Å². The van der Waals surface area contributed by atoms with Gasteiger partial charge < -0.3 is 24.4 Å². The molecule has 11 heteroatoms. The van der Waals surface area contributed by atoms with Gasteiger partial charge in [-0.1, -0.05) is 18.2 Å². The van der Waals surface area contributed by atoms with Crippen LogP contribution in [0.5, 0.6) is 0 Å². The fourth-order valence-corrected chi connectivity index (χ4v) is 7.70. The summed E-state index contributed by atoms with van der Waals surface area (Å²) in [6.45, 7) is 12.2. The van der Waals surface area contributed by atoms with E-state index in [9.17, 15) is 14.4 Å². The summed E-state index contributed by atoms with van der Waals surface area (Å²) in [6.07, 6.45) is 6.78. The van der Waals surface area contributed by atoms with Gasteiger partial charge in [0.15, 0.2) is 0 Å². The van der Waals surface area contributed by atoms with Crippen LogP contribution in [-0.4, -0.2) is 79.7 Å². The zero-order valence-corrected chi connectivity index (χ0v) is 29.2. The molecule has 5 heterocycles. The van der Waals surface area contributed by atoms with Crippen molar-refractivity contribution in [2.45, 2.75) is 97.2 Å². The Morgan fingerprint density at radius 1 is 1.00 bits per heavy atom. The number of alkyl carbamates (subject to hydrolysis) is 1. The van der Waals surface area contributed by atoms with Gasteiger partial charge in [0, 0.05) is 62.8 Å². The Hall–Kier alpha value is -4.41. The highest BCUT2D eigenvalue weighted by Crippen LogP contribution is 2.41. The van der Waals surface area contributed by atoms with Crippen LogP contribution in [0.4, 0.5) is 9.18 Å². The van der Waals surface area contributed by atoms with E-state index in [0.717, 1.165) is 55.5 Å². The third-order valence-electron chi connectivity index (χ3n) is 10.3. The average molecular weight is 671 g/mol. The number of halogens is 1. The Morgan fingerprint density at radius 3 is 2.45 bits per heavy atom. The minimum absolute atomic E-state index is 0.130. The number of likely N-dealkylation sites (tertiary alicyclic amines) is 2. The van der Waals surface area contributed by atoms with Crippen LogP contribution >= 0.6 is 0 Å². The minimum atomic E-state index is -0.620. The molecular formula is C38H47FN6O4. The van der Waals surface area contributed by atoms with Crippen LogP contribution in [0.25, 0.3) is 27.8 Å². The molecule has 0 spiro atoms. The number of nitrogens with zero attached hydrogens (tertiary/aromatic N) is 5. The highest BCUT2D eigenvalue weighted by molar-refractivity contribution is 5.95. The van der Waals surface area contributed by atoms with Gasteiger partial charge in [0.05, 0.1) is 16.8 Å². The number of aromatic nitrogens is 3. The first-order valence-electron chi connectivity index (χ1n) is 17.7. The van der Waals surface area contributed by atoms with Crippen molar-refractivity contribution in [2.75, 3.05) is 26.2 Å². The number of para-hydroxylation sites is 1. The van der Waals surface area contributed by atoms with Crippen LogP contribution in [-0.2, 0) is 16.1 Å². The van der Waals surface area contributed by atoms with Crippen molar-refractivity contribution in [3.05, 3.63) is 59.0 Å². The van der Waals surface area contributed by atoms with Crippen molar-refractivity contribution in [3.63, 3.8) is 0 Å². The molecule has 3 aliphatic rings. The van der Waals surface area contributed by atoms with Gasteiger partial charge >= 0.3 is 6.09 Å². The molecule has 3 fully saturated rings. The lowest BCUT2D eigenvalue weighted by atomic mass is 9.88. The minimum Gasteiger partial charge on any atom is -0.444 e. The van der Waals surface area contributed by atoms with Crippen LogP contribution in [0.3, 0.4) is 0 Å². The Morgan fingerprint density at radius 2 is 1.76 bits per heavy atom. The standard InChI is InChI=1S/C38H47FN6O4/c1-23-33(32-19-27-8-6-10-30(35(27)44(32)20-25-11-12-25)26-13-16-42(17-14-26)24(2)46)41-45-21-28(18-31(39)34(23)45)36(47)43-15-7-9-29(22-43)40-37(48)49-38(3,4)5/h6,8,10,18-19,21,25-26,29H,7,9,11-17,20,22H2,1-5H3,(H,40,48)/t29-/m1/s1. The molecule has 3 amide bonds. The number of benzene rings is 1. The third-order valence-corrected chi connectivity index (χ3v) is 10.3. The Kier molecular flexibility index (Phi) is 8.65. The summed E-state index contributed by atoms with van der Waals surface area (Å²) in [7, 11) is 0. The molecule has 260 valence electrons. The molecule has 1 aromatic carbocycles. The molecule has 2 aliphatic heterocycles. The van der Waals surface area contributed by atoms with E-state index >= 15 is 4.39 Å². The van der Waals surface area contributed by atoms with Crippen molar-refractivity contribution in [1.82, 2.24) is 29.3 Å². The predicted octanol–water partition coefficient (Wildman–Crippen LogP) is 6.67. The van der Waals surface area contributed by atoms with Crippen molar-refractivity contribution >= 4 is 34.3 Å². The van der Waals surface area contributed by atoms with Gasteiger partial charge in [0.25, 0.3) is 5.91 Å². The van der Waals surface area contributed by atoms with Crippen molar-refractivity contribution in [3.8, 4) is 11.4 Å². The predicted molar refractivity (Wildman–Crippen MR) is 186 cm³/mol. The molecule has 1 atom stereocenters. The van der Waals surface area contributed by atoms with E-state index < -0.39 is 17.5 Å². The molecule has 1 N–H and O–H groups in total. The number of fused-ring (bicyclic) bond motifs is 2. The Balaban J connectivity index is 1.20. The molecule has 0 bridgehead atoms. The summed E-state index contributed by atoms with van der Waals surface area (Å²) in [6, 6.07) is 9.72. The van der Waals surface area contributed by atoms with Gasteiger partial charge in [-0.15, -0.1) is 0 Å². The lowest BCUT2D eigenvalue weighted by molar-refractivity contribution is -0.129. The van der Waals surface area contributed by atoms with Crippen LogP contribution in [0.2, 0.25) is 0 Å². The number of aryl methyl sites for hydroxylation is 1. The van der Waals surface area contributed by atoms with E-state index in [1.54, 1.807) is 18.0 Å². The van der Waals surface area contributed by atoms with Crippen LogP contribution < -0.4 is 5.32 Å². The quantitative estimate of drug-likeness (QED) is 0.247. The van der Waals surface area contributed by atoms with E-state index in [-0.39, 0.29) is 23.4 Å². The number of carbonyl (C=O) groups is 3. The maximum Gasteiger partial charge on any atom is 0.407 e. The monoisotopic (exact) mass is 670 g/mol. The molecule has 0 radical (unpaired) electrons. The fourth-order valence-electron chi connectivity index (χ4n) is 7.70. The van der Waals surface area contributed by atoms with Gasteiger partial charge in [-0.05, 0) is 95.8 Å². The number of pyridine rings is 1. The molecule has 49 heavy (non-hydrogen) atoms. The molecular weight excluding hydrogens is 623 g/mol. The summed E-state index contributed by atoms with van der Waals surface area (Å²) in [4.78, 5) is 41.7. The van der Waals surface area contributed by atoms with Crippen molar-refractivity contribution < 1.29 is 23.5 Å². The molecule has 4 aromatic rings. The largest absolute Gasteiger partial charge is 0.444 e. The van der Waals surface area contributed by atoms with E-state index in [1.807, 2.05) is 32.6 Å². The van der Waals surface area contributed by atoms with Gasteiger partial charge in [0.2, 0.25) is 5.91 Å². The van der Waals surface area contributed by atoms with E-state index in [4.69, 9.17) is 9.84 Å². The third kappa shape index (κ3) is 6.76. The van der Waals surface area contributed by atoms with Crippen molar-refractivity contribution in [2.24, 2.45) is 5.92 Å². The number of ether oxygens (including phenoxy) is 1. The SMILES string of the molecule is CC(=O)N1CCC(c2cccc3cc(-c4nn5cc(C(=O)N6CCC[C@@H](NC(=O)OC(C)(C)C)C6)cc(F)c5c4C)n(CC4CC4)c23)CC1. The molecule has 3 aromatic heterocycles. The number of hydrogen-bond donors (Lipinski definition) is 1. The zero-order chi connectivity index (χ0) is 34.6. The zero-order valence-electron chi connectivity index (χ0n) is 29.2. The summed E-state index contributed by atoms with van der Waals surface area (Å²) >= 11 is 0. The number of amides is 3. The number of hydrogen-bond acceptors (Lipinski definition) is 5. The summed E-state index contributed by atoms with van der Waals surface area (Å²) < 4.78 is 25.3. The fraction of sp³-hybridized carbons (Fsp3) is 0.526. The summed E-state index contributed by atoms with van der Waals surface area (Å²) in [5.41, 5.74) is 4.85. The highest BCUT2D eigenvalue weighted by atomic mass is 19.1. The second-order valence-electron chi connectivity index (χ2n) is 15.2. The Bertz CT molecular complexity index is 1930. The Labute approximate surface area is 286 Å². The maximum atomic E-state index is 16.0. The smallest absolute Gasteiger partial charge is 0.407 e. The van der Waals surface area contributed by atoms with E-state index in [1.165, 1.54) is 34.5 Å². The number of carbonyl (C=O) groups excluding carboxylic acids is 3. The first-order chi connectivity index (χ1) is 23.4. The van der Waals surface area contributed by atoms with Gasteiger partial charge in [-0.25, -0.2) is 13.7 Å². The first-order valence-corrected chi connectivity index (χ1v) is 17.7. The lowest BCUT2D eigenvalue weighted by Gasteiger charge is -2.33. The number of rotatable bonds is 6. The van der Waals surface area contributed by atoms with Crippen LogP contribution in [0.15, 0.2) is 36.5 Å². The van der Waals surface area contributed by atoms with E-state index in [0.29, 0.717) is 42.6 Å². The first kappa shape index (κ1) is 33.1. The molecule has 10 nitrogen and oxygen atoms in total. The second-order valence-corrected chi connectivity index (χ2v) is 15.2. The average Bonchev–Trinajstić information content (AvgIpc) is 3.71. The topological polar surface area (TPSA) is 101 Å². The molecule has 7 rings (SSSR count). The summed E-state index contributed by atoms with van der Waals surface area (Å²) in [5.74, 6) is 0.283. The highest BCUT2D eigenvalue weighted by Gasteiger charge is 2.31. The second kappa shape index (κ2) is 12.8. The van der Waals surface area contributed by atoms with E-state index in [2.05, 4.69) is 34.1 Å². The van der Waals surface area contributed by atoms with Gasteiger partial charge in [-0.3, -0.25) is 9.59 Å². The van der Waals surface area contributed by atoms with Crippen LogP contribution in [0.1, 0.15) is 93.6 Å². The lowest BCUT2D eigenvalue weighted by Crippen LogP contribution is -2.50. The summed E-state index contributed by atoms with van der Waals surface area (Å²) in [5, 5.41) is 8.96. The van der Waals surface area contributed by atoms with Gasteiger partial charge in [-0.2, -0.15) is 5.10 Å². The molecule has 2 saturated heterocycles. The van der Waals surface area contributed by atoms with Crippen molar-refractivity contribution in [1.29, 1.82) is 0 Å². The number of piperidine rings is 2. The molecule has 0 unspecified atom stereocenters. The molecule has 1 saturated carbocycles. The maximum absolute atomic E-state index is 16.0. The van der Waals surface area contributed by atoms with Gasteiger partial charge in [0.1, 0.15) is 22.6 Å². The number of nitrogens with one attached hydrogen (secondary N) is 1. The normalized spacial score (nSPS) is 19.1.